The molecule has 0 radical (unpaired) electrons. The summed E-state index contributed by atoms with van der Waals surface area (Å²) in [5.74, 6) is 1.20. The van der Waals surface area contributed by atoms with Crippen LogP contribution in [-0.4, -0.2) is 31.9 Å². The molecule has 3 aromatic rings. The Labute approximate surface area is 170 Å². The van der Waals surface area contributed by atoms with Crippen LogP contribution in [0.3, 0.4) is 0 Å². The molecule has 0 unspecified atom stereocenters. The highest BCUT2D eigenvalue weighted by Crippen LogP contribution is 2.40. The maximum absolute atomic E-state index is 13.1. The Kier molecular flexibility index (Phi) is 5.34. The van der Waals surface area contributed by atoms with Gasteiger partial charge in [-0.25, -0.2) is 4.39 Å². The standard InChI is InChI=1S/C18H17Cl2FN6O/c19-15-16(20)24-18(22-13(8-28)10-3-5-11(21)6-4-10)25-17(15)23-14-7-12(26-27-14)9-1-2-9/h3-7,9,13,28H,1-2,8H2,(H3,22,23,24,25,26,27)/t13-/m0/s1. The number of nitrogens with one attached hydrogen (secondary N) is 3. The molecule has 0 amide bonds. The number of aliphatic hydroxyl groups is 1. The zero-order chi connectivity index (χ0) is 19.7. The number of aromatic nitrogens is 4. The zero-order valence-electron chi connectivity index (χ0n) is 14.6. The fourth-order valence-corrected chi connectivity index (χ4v) is 3.08. The van der Waals surface area contributed by atoms with E-state index in [0.29, 0.717) is 17.3 Å². The summed E-state index contributed by atoms with van der Waals surface area (Å²) in [5.41, 5.74) is 1.74. The molecule has 4 N–H and O–H groups in total. The number of aromatic amines is 1. The van der Waals surface area contributed by atoms with Gasteiger partial charge in [0, 0.05) is 17.7 Å². The second-order valence-corrected chi connectivity index (χ2v) is 7.28. The van der Waals surface area contributed by atoms with Crippen molar-refractivity contribution in [2.24, 2.45) is 0 Å². The number of hydrogen-bond acceptors (Lipinski definition) is 6. The molecule has 2 aromatic heterocycles. The van der Waals surface area contributed by atoms with E-state index < -0.39 is 6.04 Å². The van der Waals surface area contributed by atoms with Crippen molar-refractivity contribution in [1.29, 1.82) is 0 Å². The Morgan fingerprint density at radius 3 is 2.64 bits per heavy atom. The summed E-state index contributed by atoms with van der Waals surface area (Å²) in [5, 5.41) is 23.1. The third-order valence-corrected chi connectivity index (χ3v) is 5.16. The predicted octanol–water partition coefficient (Wildman–Crippen LogP) is 4.41. The molecule has 7 nitrogen and oxygen atoms in total. The zero-order valence-corrected chi connectivity index (χ0v) is 16.1. The van der Waals surface area contributed by atoms with Crippen molar-refractivity contribution < 1.29 is 9.50 Å². The normalized spacial score (nSPS) is 14.7. The summed E-state index contributed by atoms with van der Waals surface area (Å²) in [4.78, 5) is 8.45. The molecule has 0 saturated heterocycles. The molecule has 1 aromatic carbocycles. The topological polar surface area (TPSA) is 98.8 Å². The van der Waals surface area contributed by atoms with Crippen molar-refractivity contribution in [3.05, 3.63) is 57.6 Å². The van der Waals surface area contributed by atoms with E-state index >= 15 is 0 Å². The Balaban J connectivity index is 1.55. The van der Waals surface area contributed by atoms with Crippen LogP contribution in [0.5, 0.6) is 0 Å². The molecule has 146 valence electrons. The monoisotopic (exact) mass is 422 g/mol. The fraction of sp³-hybridized carbons (Fsp3) is 0.278. The van der Waals surface area contributed by atoms with Gasteiger partial charge in [-0.15, -0.1) is 0 Å². The van der Waals surface area contributed by atoms with E-state index in [0.717, 1.165) is 18.5 Å². The first-order valence-corrected chi connectivity index (χ1v) is 9.47. The minimum absolute atomic E-state index is 0.0513. The summed E-state index contributed by atoms with van der Waals surface area (Å²) >= 11 is 12.4. The first-order chi connectivity index (χ1) is 13.5. The van der Waals surface area contributed by atoms with Crippen LogP contribution in [0.1, 0.15) is 36.1 Å². The highest BCUT2D eigenvalue weighted by Gasteiger charge is 2.26. The number of benzene rings is 1. The highest BCUT2D eigenvalue weighted by molar-refractivity contribution is 6.42. The van der Waals surface area contributed by atoms with E-state index in [2.05, 4.69) is 30.8 Å². The number of rotatable bonds is 7. The minimum Gasteiger partial charge on any atom is -0.394 e. The van der Waals surface area contributed by atoms with Crippen molar-refractivity contribution in [2.75, 3.05) is 17.2 Å². The van der Waals surface area contributed by atoms with Gasteiger partial charge in [-0.3, -0.25) is 5.10 Å². The maximum atomic E-state index is 13.1. The molecule has 1 aliphatic carbocycles. The number of H-pyrrole nitrogens is 1. The smallest absolute Gasteiger partial charge is 0.226 e. The van der Waals surface area contributed by atoms with Crippen LogP contribution in [0.4, 0.5) is 22.0 Å². The molecule has 0 aliphatic heterocycles. The van der Waals surface area contributed by atoms with E-state index in [4.69, 9.17) is 23.2 Å². The van der Waals surface area contributed by atoms with Crippen molar-refractivity contribution in [3.8, 4) is 0 Å². The lowest BCUT2D eigenvalue weighted by Crippen LogP contribution is -2.17. The second kappa shape index (κ2) is 7.90. The SMILES string of the molecule is OC[C@H](Nc1nc(Cl)c(Cl)c(Nc2cc(C3CC3)[nH]n2)n1)c1ccc(F)cc1. The Morgan fingerprint density at radius 2 is 1.96 bits per heavy atom. The van der Waals surface area contributed by atoms with Gasteiger partial charge in [-0.05, 0) is 30.5 Å². The van der Waals surface area contributed by atoms with Crippen LogP contribution < -0.4 is 10.6 Å². The summed E-state index contributed by atoms with van der Waals surface area (Å²) in [6.07, 6.45) is 2.31. The van der Waals surface area contributed by atoms with Gasteiger partial charge in [-0.1, -0.05) is 35.3 Å². The molecule has 10 heteroatoms. The average molecular weight is 423 g/mol. The lowest BCUT2D eigenvalue weighted by molar-refractivity contribution is 0.276. The Morgan fingerprint density at radius 1 is 1.21 bits per heavy atom. The van der Waals surface area contributed by atoms with E-state index in [9.17, 15) is 9.50 Å². The Bertz CT molecular complexity index is 977. The minimum atomic E-state index is -0.544. The molecule has 0 spiro atoms. The summed E-state index contributed by atoms with van der Waals surface area (Å²) in [6.45, 7) is -0.248. The molecule has 0 bridgehead atoms. The van der Waals surface area contributed by atoms with Gasteiger partial charge in [0.2, 0.25) is 5.95 Å². The molecule has 4 rings (SSSR count). The van der Waals surface area contributed by atoms with Crippen LogP contribution in [-0.2, 0) is 0 Å². The lowest BCUT2D eigenvalue weighted by atomic mass is 10.1. The summed E-state index contributed by atoms with van der Waals surface area (Å²) < 4.78 is 13.1. The van der Waals surface area contributed by atoms with Gasteiger partial charge in [0.1, 0.15) is 10.8 Å². The third-order valence-electron chi connectivity index (χ3n) is 4.43. The van der Waals surface area contributed by atoms with Crippen LogP contribution in [0, 0.1) is 5.82 Å². The molecule has 28 heavy (non-hydrogen) atoms. The molecule has 1 saturated carbocycles. The van der Waals surface area contributed by atoms with Crippen molar-refractivity contribution in [3.63, 3.8) is 0 Å². The van der Waals surface area contributed by atoms with Gasteiger partial charge in [-0.2, -0.15) is 15.1 Å². The van der Waals surface area contributed by atoms with Crippen molar-refractivity contribution in [1.82, 2.24) is 20.2 Å². The van der Waals surface area contributed by atoms with Crippen LogP contribution in [0.2, 0.25) is 10.2 Å². The number of anilines is 3. The maximum Gasteiger partial charge on any atom is 0.226 e. The number of aliphatic hydroxyl groups excluding tert-OH is 1. The second-order valence-electron chi connectivity index (χ2n) is 6.54. The summed E-state index contributed by atoms with van der Waals surface area (Å²) in [6, 6.07) is 7.14. The van der Waals surface area contributed by atoms with Gasteiger partial charge >= 0.3 is 0 Å². The summed E-state index contributed by atoms with van der Waals surface area (Å²) in [7, 11) is 0. The first kappa shape index (κ1) is 18.9. The highest BCUT2D eigenvalue weighted by atomic mass is 35.5. The molecule has 1 fully saturated rings. The van der Waals surface area contributed by atoms with Crippen LogP contribution in [0.25, 0.3) is 0 Å². The molecule has 1 aliphatic rings. The first-order valence-electron chi connectivity index (χ1n) is 8.71. The molecule has 1 atom stereocenters. The van der Waals surface area contributed by atoms with Crippen molar-refractivity contribution in [2.45, 2.75) is 24.8 Å². The number of hydrogen-bond donors (Lipinski definition) is 4. The molecule has 2 heterocycles. The molecular formula is C18H17Cl2FN6O. The van der Waals surface area contributed by atoms with Crippen LogP contribution in [0.15, 0.2) is 30.3 Å². The van der Waals surface area contributed by atoms with E-state index in [-0.39, 0.29) is 34.4 Å². The third kappa shape index (κ3) is 4.19. The van der Waals surface area contributed by atoms with Crippen LogP contribution >= 0.6 is 23.2 Å². The quantitative estimate of drug-likeness (QED) is 0.420. The predicted molar refractivity (Wildman–Crippen MR) is 106 cm³/mol. The molecular weight excluding hydrogens is 406 g/mol. The van der Waals surface area contributed by atoms with Gasteiger partial charge in [0.25, 0.3) is 0 Å². The van der Waals surface area contributed by atoms with Crippen molar-refractivity contribution >= 4 is 40.8 Å². The number of halogens is 3. The van der Waals surface area contributed by atoms with Gasteiger partial charge in [0.05, 0.1) is 12.6 Å². The Hall–Kier alpha value is -2.42. The van der Waals surface area contributed by atoms with E-state index in [1.165, 1.54) is 12.1 Å². The van der Waals surface area contributed by atoms with E-state index in [1.807, 2.05) is 6.07 Å². The number of nitrogens with zero attached hydrogens (tertiary/aromatic N) is 3. The average Bonchev–Trinajstić information content (AvgIpc) is 3.44. The van der Waals surface area contributed by atoms with Gasteiger partial charge in [0.15, 0.2) is 16.8 Å². The van der Waals surface area contributed by atoms with E-state index in [1.54, 1.807) is 12.1 Å². The van der Waals surface area contributed by atoms with Gasteiger partial charge < -0.3 is 15.7 Å². The largest absolute Gasteiger partial charge is 0.394 e. The lowest BCUT2D eigenvalue weighted by Gasteiger charge is -2.18. The fourth-order valence-electron chi connectivity index (χ4n) is 2.78.